The monoisotopic (exact) mass is 435 g/mol. The second-order valence-corrected chi connectivity index (χ2v) is 8.09. The Labute approximate surface area is 172 Å². The Hall–Kier alpha value is -2.56. The van der Waals surface area contributed by atoms with Crippen LogP contribution in [-0.4, -0.2) is 37.9 Å². The molecule has 0 aliphatic carbocycles. The predicted octanol–water partition coefficient (Wildman–Crippen LogP) is 3.04. The van der Waals surface area contributed by atoms with E-state index in [1.165, 1.54) is 34.8 Å². The summed E-state index contributed by atoms with van der Waals surface area (Å²) in [6, 6.07) is 6.84. The smallest absolute Gasteiger partial charge is 0.272 e. The molecule has 0 fully saturated rings. The molecule has 11 heteroatoms. The third-order valence-corrected chi connectivity index (χ3v) is 6.12. The highest BCUT2D eigenvalue weighted by Gasteiger charge is 2.17. The second kappa shape index (κ2) is 7.46. The summed E-state index contributed by atoms with van der Waals surface area (Å²) in [6.45, 7) is 0. The van der Waals surface area contributed by atoms with Gasteiger partial charge in [-0.15, -0.1) is 21.5 Å². The molecule has 0 unspecified atom stereocenters. The van der Waals surface area contributed by atoms with Crippen LogP contribution in [0.3, 0.4) is 0 Å². The molecule has 0 aliphatic heterocycles. The molecule has 4 aromatic rings. The van der Waals surface area contributed by atoms with E-state index >= 15 is 0 Å². The normalized spacial score (nSPS) is 11.2. The van der Waals surface area contributed by atoms with Gasteiger partial charge < -0.3 is 10.1 Å². The number of thiophene rings is 1. The van der Waals surface area contributed by atoms with Gasteiger partial charge in [-0.3, -0.25) is 18.6 Å². The van der Waals surface area contributed by atoms with Crippen LogP contribution in [0.1, 0.15) is 0 Å². The summed E-state index contributed by atoms with van der Waals surface area (Å²) >= 11 is 8.58. The molecular weight excluding hydrogens is 422 g/mol. The summed E-state index contributed by atoms with van der Waals surface area (Å²) in [5.41, 5.74) is 1.11. The van der Waals surface area contributed by atoms with Gasteiger partial charge in [0.1, 0.15) is 10.4 Å². The number of benzene rings is 1. The topological polar surface area (TPSA) is 90.5 Å². The van der Waals surface area contributed by atoms with Crippen LogP contribution < -0.4 is 15.6 Å². The molecule has 8 nitrogen and oxygen atoms in total. The average molecular weight is 436 g/mol. The van der Waals surface area contributed by atoms with Crippen molar-refractivity contribution in [2.24, 2.45) is 7.05 Å². The first kappa shape index (κ1) is 18.8. The van der Waals surface area contributed by atoms with Crippen LogP contribution in [0, 0.1) is 0 Å². The number of ether oxygens (including phenoxy) is 1. The molecule has 4 rings (SSSR count). The Morgan fingerprint density at radius 1 is 1.36 bits per heavy atom. The lowest BCUT2D eigenvalue weighted by molar-refractivity contribution is -0.113. The third kappa shape index (κ3) is 3.23. The Morgan fingerprint density at radius 2 is 2.18 bits per heavy atom. The van der Waals surface area contributed by atoms with Crippen molar-refractivity contribution in [3.63, 3.8) is 0 Å². The molecule has 28 heavy (non-hydrogen) atoms. The van der Waals surface area contributed by atoms with Crippen molar-refractivity contribution in [3.8, 4) is 5.75 Å². The number of hydrogen-bond donors (Lipinski definition) is 1. The molecule has 0 bridgehead atoms. The van der Waals surface area contributed by atoms with E-state index in [1.807, 2.05) is 11.4 Å². The number of aromatic nitrogens is 4. The largest absolute Gasteiger partial charge is 0.495 e. The van der Waals surface area contributed by atoms with Gasteiger partial charge in [0.2, 0.25) is 11.7 Å². The number of rotatable bonds is 5. The Morgan fingerprint density at radius 3 is 2.96 bits per heavy atom. The van der Waals surface area contributed by atoms with Crippen LogP contribution in [0.15, 0.2) is 39.6 Å². The number of anilines is 1. The van der Waals surface area contributed by atoms with Crippen LogP contribution in [-0.2, 0) is 11.8 Å². The SMILES string of the molecule is COc1ccc(Cl)cc1NC(=O)CSc1nnc2n(C)c(=O)c3sccc3n12. The van der Waals surface area contributed by atoms with Crippen molar-refractivity contribution in [2.45, 2.75) is 5.16 Å². The van der Waals surface area contributed by atoms with Gasteiger partial charge in [0.05, 0.1) is 24.1 Å². The number of thioether (sulfide) groups is 1. The maximum absolute atomic E-state index is 12.4. The van der Waals surface area contributed by atoms with Gasteiger partial charge in [0.15, 0.2) is 5.16 Å². The van der Waals surface area contributed by atoms with Crippen molar-refractivity contribution in [3.05, 3.63) is 45.0 Å². The lowest BCUT2D eigenvalue weighted by Crippen LogP contribution is -2.19. The van der Waals surface area contributed by atoms with Gasteiger partial charge in [0.25, 0.3) is 5.56 Å². The lowest BCUT2D eigenvalue weighted by atomic mass is 10.3. The number of halogens is 1. The molecule has 0 atom stereocenters. The van der Waals surface area contributed by atoms with Crippen molar-refractivity contribution in [1.29, 1.82) is 0 Å². The molecule has 3 aromatic heterocycles. The van der Waals surface area contributed by atoms with E-state index in [0.29, 0.717) is 32.1 Å². The minimum absolute atomic E-state index is 0.102. The number of aryl methyl sites for hydroxylation is 1. The molecule has 3 heterocycles. The number of fused-ring (bicyclic) bond motifs is 3. The zero-order chi connectivity index (χ0) is 19.8. The number of nitrogens with one attached hydrogen (secondary N) is 1. The maximum Gasteiger partial charge on any atom is 0.272 e. The van der Waals surface area contributed by atoms with Gasteiger partial charge in [-0.05, 0) is 29.6 Å². The third-order valence-electron chi connectivity index (χ3n) is 4.07. The molecule has 0 aliphatic rings. The van der Waals surface area contributed by atoms with E-state index in [-0.39, 0.29) is 17.2 Å². The van der Waals surface area contributed by atoms with Crippen LogP contribution in [0.25, 0.3) is 16.0 Å². The van der Waals surface area contributed by atoms with E-state index in [2.05, 4.69) is 15.5 Å². The minimum Gasteiger partial charge on any atom is -0.495 e. The molecule has 0 saturated carbocycles. The van der Waals surface area contributed by atoms with Gasteiger partial charge in [0, 0.05) is 12.1 Å². The molecule has 1 aromatic carbocycles. The number of hydrogen-bond acceptors (Lipinski definition) is 7. The van der Waals surface area contributed by atoms with E-state index in [1.54, 1.807) is 29.6 Å². The molecule has 0 radical (unpaired) electrons. The summed E-state index contributed by atoms with van der Waals surface area (Å²) < 4.78 is 9.08. The number of carbonyl (C=O) groups excluding carboxylic acids is 1. The minimum atomic E-state index is -0.242. The number of carbonyl (C=O) groups is 1. The maximum atomic E-state index is 12.4. The lowest BCUT2D eigenvalue weighted by Gasteiger charge is -2.10. The van der Waals surface area contributed by atoms with Crippen LogP contribution in [0.2, 0.25) is 5.02 Å². The van der Waals surface area contributed by atoms with Crippen molar-refractivity contribution < 1.29 is 9.53 Å². The summed E-state index contributed by atoms with van der Waals surface area (Å²) in [6.07, 6.45) is 0. The molecule has 0 spiro atoms. The van der Waals surface area contributed by atoms with Gasteiger partial charge in [-0.25, -0.2) is 0 Å². The fourth-order valence-corrected chi connectivity index (χ4v) is 4.52. The number of methoxy groups -OCH3 is 1. The Kier molecular flexibility index (Phi) is 5.00. The van der Waals surface area contributed by atoms with Gasteiger partial charge in [-0.2, -0.15) is 0 Å². The molecular formula is C17H14ClN5O3S2. The van der Waals surface area contributed by atoms with Crippen LogP contribution in [0.4, 0.5) is 5.69 Å². The first-order valence-electron chi connectivity index (χ1n) is 8.07. The van der Waals surface area contributed by atoms with Gasteiger partial charge in [-0.1, -0.05) is 23.4 Å². The number of amides is 1. The molecule has 1 N–H and O–H groups in total. The van der Waals surface area contributed by atoms with E-state index in [4.69, 9.17) is 16.3 Å². The fourth-order valence-electron chi connectivity index (χ4n) is 2.76. The van der Waals surface area contributed by atoms with Crippen molar-refractivity contribution in [2.75, 3.05) is 18.2 Å². The molecule has 0 saturated heterocycles. The van der Waals surface area contributed by atoms with Crippen LogP contribution >= 0.6 is 34.7 Å². The molecule has 144 valence electrons. The quantitative estimate of drug-likeness (QED) is 0.484. The Balaban J connectivity index is 1.59. The zero-order valence-corrected chi connectivity index (χ0v) is 17.2. The first-order chi connectivity index (χ1) is 13.5. The Bertz CT molecular complexity index is 1260. The summed E-state index contributed by atoms with van der Waals surface area (Å²) in [4.78, 5) is 24.8. The second-order valence-electron chi connectivity index (χ2n) is 5.80. The van der Waals surface area contributed by atoms with E-state index in [9.17, 15) is 9.59 Å². The zero-order valence-electron chi connectivity index (χ0n) is 14.8. The highest BCUT2D eigenvalue weighted by Crippen LogP contribution is 2.28. The summed E-state index contributed by atoms with van der Waals surface area (Å²) in [7, 11) is 3.17. The predicted molar refractivity (Wildman–Crippen MR) is 111 cm³/mol. The van der Waals surface area contributed by atoms with Crippen LogP contribution in [0.5, 0.6) is 5.75 Å². The highest BCUT2D eigenvalue weighted by molar-refractivity contribution is 7.99. The van der Waals surface area contributed by atoms with E-state index < -0.39 is 0 Å². The number of nitrogens with zero attached hydrogens (tertiary/aromatic N) is 4. The standard InChI is InChI=1S/C17H14ClN5O3S2/c1-22-15(25)14-11(5-6-27-14)23-16(22)20-21-17(23)28-8-13(24)19-10-7-9(18)3-4-12(10)26-2/h3-7H,8H2,1-2H3,(H,19,24). The van der Waals surface area contributed by atoms with Gasteiger partial charge >= 0.3 is 0 Å². The average Bonchev–Trinajstić information content (AvgIpc) is 3.31. The highest BCUT2D eigenvalue weighted by atomic mass is 35.5. The van der Waals surface area contributed by atoms with Crippen molar-refractivity contribution >= 4 is 62.3 Å². The van der Waals surface area contributed by atoms with Crippen molar-refractivity contribution in [1.82, 2.24) is 19.2 Å². The summed E-state index contributed by atoms with van der Waals surface area (Å²) in [5.74, 6) is 0.806. The summed E-state index contributed by atoms with van der Waals surface area (Å²) in [5, 5.41) is 13.9. The fraction of sp³-hybridized carbons (Fsp3) is 0.176. The van der Waals surface area contributed by atoms with E-state index in [0.717, 1.165) is 5.52 Å². The first-order valence-corrected chi connectivity index (χ1v) is 10.3. The molecule has 1 amide bonds.